The van der Waals surface area contributed by atoms with Crippen LogP contribution >= 0.6 is 12.2 Å². The summed E-state index contributed by atoms with van der Waals surface area (Å²) in [5.41, 5.74) is 0.431. The highest BCUT2D eigenvalue weighted by molar-refractivity contribution is 7.80. The van der Waals surface area contributed by atoms with Crippen molar-refractivity contribution in [2.75, 3.05) is 38.6 Å². The molecule has 1 N–H and O–H groups in total. The molecule has 0 radical (unpaired) electrons. The van der Waals surface area contributed by atoms with Crippen LogP contribution in [-0.2, 0) is 12.7 Å². The van der Waals surface area contributed by atoms with Gasteiger partial charge in [0.15, 0.2) is 5.11 Å². The number of para-hydroxylation sites is 1. The minimum atomic E-state index is -4.42. The smallest absolute Gasteiger partial charge is 0.418 e. The third-order valence-corrected chi connectivity index (χ3v) is 5.03. The van der Waals surface area contributed by atoms with Crippen molar-refractivity contribution in [3.8, 4) is 5.75 Å². The molecule has 1 heterocycles. The Bertz CT molecular complexity index is 820. The van der Waals surface area contributed by atoms with Gasteiger partial charge in [0.2, 0.25) is 0 Å². The normalized spacial score (nSPS) is 15.4. The molecule has 1 fully saturated rings. The summed E-state index contributed by atoms with van der Waals surface area (Å²) in [6.45, 7) is 3.66. The van der Waals surface area contributed by atoms with Gasteiger partial charge in [-0.2, -0.15) is 13.2 Å². The highest BCUT2D eigenvalue weighted by Gasteiger charge is 2.33. The molecule has 0 unspecified atom stereocenters. The maximum atomic E-state index is 13.1. The van der Waals surface area contributed by atoms with Crippen molar-refractivity contribution in [3.05, 3.63) is 59.7 Å². The van der Waals surface area contributed by atoms with Crippen LogP contribution in [0.5, 0.6) is 5.75 Å². The van der Waals surface area contributed by atoms with Gasteiger partial charge in [0.05, 0.1) is 18.4 Å². The SMILES string of the molecule is COc1cccc(CN2CCN(C(=S)Nc3ccccc3C(F)(F)F)CC2)c1. The van der Waals surface area contributed by atoms with Crippen LogP contribution in [0.1, 0.15) is 11.1 Å². The van der Waals surface area contributed by atoms with Crippen LogP contribution in [-0.4, -0.2) is 48.2 Å². The molecule has 1 saturated heterocycles. The average Bonchev–Trinajstić information content (AvgIpc) is 2.68. The quantitative estimate of drug-likeness (QED) is 0.763. The average molecular weight is 409 g/mol. The Balaban J connectivity index is 1.56. The lowest BCUT2D eigenvalue weighted by Gasteiger charge is -2.36. The minimum Gasteiger partial charge on any atom is -0.497 e. The second-order valence-electron chi connectivity index (χ2n) is 6.59. The number of rotatable bonds is 4. The highest BCUT2D eigenvalue weighted by Crippen LogP contribution is 2.34. The lowest BCUT2D eigenvalue weighted by Crippen LogP contribution is -2.49. The molecular weight excluding hydrogens is 387 g/mol. The number of piperazine rings is 1. The summed E-state index contributed by atoms with van der Waals surface area (Å²) in [4.78, 5) is 4.20. The monoisotopic (exact) mass is 409 g/mol. The fourth-order valence-corrected chi connectivity index (χ4v) is 3.46. The molecule has 0 aromatic heterocycles. The van der Waals surface area contributed by atoms with Crippen molar-refractivity contribution in [1.29, 1.82) is 0 Å². The van der Waals surface area contributed by atoms with E-state index in [1.807, 2.05) is 23.1 Å². The molecule has 8 heteroatoms. The zero-order valence-corrected chi connectivity index (χ0v) is 16.3. The predicted molar refractivity (Wildman–Crippen MR) is 108 cm³/mol. The molecule has 0 saturated carbocycles. The molecule has 28 heavy (non-hydrogen) atoms. The number of methoxy groups -OCH3 is 1. The van der Waals surface area contributed by atoms with Crippen LogP contribution < -0.4 is 10.1 Å². The number of nitrogens with one attached hydrogen (secondary N) is 1. The van der Waals surface area contributed by atoms with E-state index in [9.17, 15) is 13.2 Å². The van der Waals surface area contributed by atoms with E-state index in [2.05, 4.69) is 16.3 Å². The Morgan fingerprint density at radius 3 is 2.46 bits per heavy atom. The van der Waals surface area contributed by atoms with Gasteiger partial charge in [-0.1, -0.05) is 24.3 Å². The Kier molecular flexibility index (Phi) is 6.41. The lowest BCUT2D eigenvalue weighted by molar-refractivity contribution is -0.136. The first-order valence-electron chi connectivity index (χ1n) is 8.94. The zero-order valence-electron chi connectivity index (χ0n) is 15.5. The van der Waals surface area contributed by atoms with Crippen molar-refractivity contribution < 1.29 is 17.9 Å². The third kappa shape index (κ3) is 5.14. The number of nitrogens with zero attached hydrogens (tertiary/aromatic N) is 2. The number of anilines is 1. The Labute approximate surface area is 167 Å². The molecule has 3 rings (SSSR count). The third-order valence-electron chi connectivity index (χ3n) is 4.67. The summed E-state index contributed by atoms with van der Waals surface area (Å²) in [5.74, 6) is 0.824. The largest absolute Gasteiger partial charge is 0.497 e. The van der Waals surface area contributed by atoms with Gasteiger partial charge in [-0.3, -0.25) is 4.90 Å². The fourth-order valence-electron chi connectivity index (χ4n) is 3.17. The van der Waals surface area contributed by atoms with Gasteiger partial charge in [-0.05, 0) is 42.0 Å². The number of hydrogen-bond acceptors (Lipinski definition) is 3. The number of thiocarbonyl (C=S) groups is 1. The van der Waals surface area contributed by atoms with Crippen LogP contribution in [0.25, 0.3) is 0 Å². The Morgan fingerprint density at radius 2 is 1.79 bits per heavy atom. The van der Waals surface area contributed by atoms with Crippen LogP contribution in [0, 0.1) is 0 Å². The first-order chi connectivity index (χ1) is 13.4. The highest BCUT2D eigenvalue weighted by atomic mass is 32.1. The van der Waals surface area contributed by atoms with E-state index in [0.717, 1.165) is 37.0 Å². The van der Waals surface area contributed by atoms with Gasteiger partial charge in [0.1, 0.15) is 5.75 Å². The van der Waals surface area contributed by atoms with E-state index < -0.39 is 11.7 Å². The second-order valence-corrected chi connectivity index (χ2v) is 6.97. The van der Waals surface area contributed by atoms with Crippen molar-refractivity contribution in [1.82, 2.24) is 9.80 Å². The first-order valence-corrected chi connectivity index (χ1v) is 9.35. The molecule has 2 aromatic rings. The number of alkyl halides is 3. The number of ether oxygens (including phenoxy) is 1. The van der Waals surface area contributed by atoms with E-state index in [1.54, 1.807) is 13.2 Å². The summed E-state index contributed by atoms with van der Waals surface area (Å²) in [5, 5.41) is 3.09. The van der Waals surface area contributed by atoms with Gasteiger partial charge in [-0.25, -0.2) is 0 Å². The van der Waals surface area contributed by atoms with Crippen LogP contribution in [0.15, 0.2) is 48.5 Å². The van der Waals surface area contributed by atoms with Gasteiger partial charge in [0.25, 0.3) is 0 Å². The molecule has 1 aliphatic heterocycles. The van der Waals surface area contributed by atoms with Crippen LogP contribution in [0.3, 0.4) is 0 Å². The van der Waals surface area contributed by atoms with E-state index >= 15 is 0 Å². The van der Waals surface area contributed by atoms with Crippen LogP contribution in [0.2, 0.25) is 0 Å². The minimum absolute atomic E-state index is 0.0150. The molecule has 0 atom stereocenters. The fraction of sp³-hybridized carbons (Fsp3) is 0.350. The molecule has 150 valence electrons. The van der Waals surface area contributed by atoms with Gasteiger partial charge >= 0.3 is 6.18 Å². The molecule has 2 aromatic carbocycles. The van der Waals surface area contributed by atoms with E-state index in [4.69, 9.17) is 17.0 Å². The van der Waals surface area contributed by atoms with Gasteiger partial charge < -0.3 is 15.0 Å². The number of hydrogen-bond donors (Lipinski definition) is 1. The number of halogens is 3. The molecule has 0 bridgehead atoms. The maximum Gasteiger partial charge on any atom is 0.418 e. The molecular formula is C20H22F3N3OS. The zero-order chi connectivity index (χ0) is 20.1. The molecule has 0 aliphatic carbocycles. The van der Waals surface area contributed by atoms with Crippen molar-refractivity contribution >= 4 is 23.0 Å². The summed E-state index contributed by atoms with van der Waals surface area (Å²) >= 11 is 5.35. The van der Waals surface area contributed by atoms with E-state index in [-0.39, 0.29) is 5.69 Å². The topological polar surface area (TPSA) is 27.7 Å². The number of benzene rings is 2. The van der Waals surface area contributed by atoms with Gasteiger partial charge in [0, 0.05) is 32.7 Å². The Morgan fingerprint density at radius 1 is 1.07 bits per heavy atom. The first kappa shape index (κ1) is 20.4. The lowest BCUT2D eigenvalue weighted by atomic mass is 10.1. The maximum absolute atomic E-state index is 13.1. The van der Waals surface area contributed by atoms with Gasteiger partial charge in [-0.15, -0.1) is 0 Å². The molecule has 4 nitrogen and oxygen atoms in total. The van der Waals surface area contributed by atoms with E-state index in [1.165, 1.54) is 12.1 Å². The summed E-state index contributed by atoms with van der Waals surface area (Å²) in [7, 11) is 1.64. The Hall–Kier alpha value is -2.32. The summed E-state index contributed by atoms with van der Waals surface area (Å²) < 4.78 is 44.7. The van der Waals surface area contributed by atoms with E-state index in [0.29, 0.717) is 18.2 Å². The second kappa shape index (κ2) is 8.79. The molecule has 0 spiro atoms. The summed E-state index contributed by atoms with van der Waals surface area (Å²) in [6.07, 6.45) is -4.42. The van der Waals surface area contributed by atoms with Crippen molar-refractivity contribution in [2.45, 2.75) is 12.7 Å². The van der Waals surface area contributed by atoms with Crippen LogP contribution in [0.4, 0.5) is 18.9 Å². The van der Waals surface area contributed by atoms with Crippen molar-refractivity contribution in [2.24, 2.45) is 0 Å². The molecule has 1 aliphatic rings. The standard InChI is InChI=1S/C20H22F3N3OS/c1-27-16-6-4-5-15(13-16)14-25-9-11-26(12-10-25)19(28)24-18-8-3-2-7-17(18)20(21,22)23/h2-8,13H,9-12,14H2,1H3,(H,24,28). The van der Waals surface area contributed by atoms with Crippen molar-refractivity contribution in [3.63, 3.8) is 0 Å². The summed E-state index contributed by atoms with van der Waals surface area (Å²) in [6, 6.07) is 13.3. The predicted octanol–water partition coefficient (Wildman–Crippen LogP) is 4.23. The molecule has 0 amide bonds.